The van der Waals surface area contributed by atoms with Crippen LogP contribution >= 0.6 is 0 Å². The molecule has 1 aromatic rings. The van der Waals surface area contributed by atoms with E-state index in [2.05, 4.69) is 31.2 Å². The highest BCUT2D eigenvalue weighted by molar-refractivity contribution is 5.68. The summed E-state index contributed by atoms with van der Waals surface area (Å²) in [7, 11) is 0. The van der Waals surface area contributed by atoms with Gasteiger partial charge in [-0.2, -0.15) is 0 Å². The average molecular weight is 262 g/mol. The van der Waals surface area contributed by atoms with E-state index in [1.165, 1.54) is 11.1 Å². The predicted molar refractivity (Wildman–Crippen MR) is 75.1 cm³/mol. The molecular weight excluding hydrogens is 240 g/mol. The van der Waals surface area contributed by atoms with Gasteiger partial charge < -0.3 is 15.4 Å². The van der Waals surface area contributed by atoms with Crippen LogP contribution in [0.3, 0.4) is 0 Å². The van der Waals surface area contributed by atoms with Crippen molar-refractivity contribution in [3.05, 3.63) is 35.4 Å². The molecule has 1 aliphatic rings. The van der Waals surface area contributed by atoms with Gasteiger partial charge >= 0.3 is 6.09 Å². The third-order valence-electron chi connectivity index (χ3n) is 3.52. The number of benzene rings is 1. The molecule has 0 aliphatic carbocycles. The van der Waals surface area contributed by atoms with Crippen LogP contribution in [0.25, 0.3) is 0 Å². The lowest BCUT2D eigenvalue weighted by atomic mass is 9.88. The SMILES string of the molecule is CCOC(=O)N1CC(N)CC(c2cccc(C)c2)C1. The maximum absolute atomic E-state index is 11.8. The summed E-state index contributed by atoms with van der Waals surface area (Å²) in [6.45, 7) is 5.58. The first-order valence-electron chi connectivity index (χ1n) is 6.84. The molecule has 19 heavy (non-hydrogen) atoms. The van der Waals surface area contributed by atoms with Crippen molar-refractivity contribution in [3.63, 3.8) is 0 Å². The van der Waals surface area contributed by atoms with Crippen molar-refractivity contribution in [2.45, 2.75) is 32.2 Å². The highest BCUT2D eigenvalue weighted by Crippen LogP contribution is 2.27. The van der Waals surface area contributed by atoms with Crippen molar-refractivity contribution in [3.8, 4) is 0 Å². The van der Waals surface area contributed by atoms with Gasteiger partial charge in [-0.3, -0.25) is 0 Å². The second-order valence-electron chi connectivity index (χ2n) is 5.21. The lowest BCUT2D eigenvalue weighted by Gasteiger charge is -2.35. The first kappa shape index (κ1) is 13.9. The van der Waals surface area contributed by atoms with Crippen LogP contribution < -0.4 is 5.73 Å². The minimum absolute atomic E-state index is 0.0173. The zero-order chi connectivity index (χ0) is 13.8. The second-order valence-corrected chi connectivity index (χ2v) is 5.21. The molecule has 1 aromatic carbocycles. The van der Waals surface area contributed by atoms with Crippen LogP contribution in [0, 0.1) is 6.92 Å². The van der Waals surface area contributed by atoms with E-state index in [1.807, 2.05) is 6.92 Å². The fraction of sp³-hybridized carbons (Fsp3) is 0.533. The van der Waals surface area contributed by atoms with Crippen LogP contribution in [-0.2, 0) is 4.74 Å². The van der Waals surface area contributed by atoms with E-state index in [1.54, 1.807) is 4.90 Å². The number of aryl methyl sites for hydroxylation is 1. The van der Waals surface area contributed by atoms with E-state index in [4.69, 9.17) is 10.5 Å². The molecule has 1 fully saturated rings. The van der Waals surface area contributed by atoms with Crippen LogP contribution in [0.5, 0.6) is 0 Å². The Kier molecular flexibility index (Phi) is 4.43. The van der Waals surface area contributed by atoms with Crippen LogP contribution in [0.4, 0.5) is 4.79 Å². The Morgan fingerprint density at radius 1 is 1.47 bits per heavy atom. The summed E-state index contributed by atoms with van der Waals surface area (Å²) in [5.74, 6) is 0.299. The summed E-state index contributed by atoms with van der Waals surface area (Å²) < 4.78 is 5.07. The number of likely N-dealkylation sites (tertiary alicyclic amines) is 1. The van der Waals surface area contributed by atoms with Gasteiger partial charge in [0.15, 0.2) is 0 Å². The summed E-state index contributed by atoms with van der Waals surface area (Å²) in [4.78, 5) is 13.6. The van der Waals surface area contributed by atoms with Crippen molar-refractivity contribution in [1.29, 1.82) is 0 Å². The van der Waals surface area contributed by atoms with E-state index in [0.29, 0.717) is 25.6 Å². The highest BCUT2D eigenvalue weighted by Gasteiger charge is 2.29. The quantitative estimate of drug-likeness (QED) is 0.889. The first-order chi connectivity index (χ1) is 9.10. The van der Waals surface area contributed by atoms with E-state index in [-0.39, 0.29) is 12.1 Å². The Balaban J connectivity index is 2.11. The predicted octanol–water partition coefficient (Wildman–Crippen LogP) is 2.27. The molecule has 2 N–H and O–H groups in total. The molecule has 1 aliphatic heterocycles. The third-order valence-corrected chi connectivity index (χ3v) is 3.52. The number of piperidine rings is 1. The van der Waals surface area contributed by atoms with Gasteiger partial charge in [-0.05, 0) is 25.8 Å². The average Bonchev–Trinajstić information content (AvgIpc) is 2.38. The molecule has 1 amide bonds. The maximum atomic E-state index is 11.8. The van der Waals surface area contributed by atoms with Crippen molar-refractivity contribution in [1.82, 2.24) is 4.90 Å². The summed E-state index contributed by atoms with van der Waals surface area (Å²) in [6.07, 6.45) is 0.662. The standard InChI is InChI=1S/C15H22N2O2/c1-3-19-15(18)17-9-13(8-14(16)10-17)12-6-4-5-11(2)7-12/h4-7,13-14H,3,8-10,16H2,1-2H3. The zero-order valence-electron chi connectivity index (χ0n) is 11.6. The number of ether oxygens (including phenoxy) is 1. The number of carbonyl (C=O) groups is 1. The molecular formula is C15H22N2O2. The van der Waals surface area contributed by atoms with Gasteiger partial charge in [0.1, 0.15) is 0 Å². The Bertz CT molecular complexity index is 448. The van der Waals surface area contributed by atoms with E-state index in [0.717, 1.165) is 6.42 Å². The van der Waals surface area contributed by atoms with E-state index >= 15 is 0 Å². The molecule has 0 spiro atoms. The number of nitrogens with two attached hydrogens (primary N) is 1. The van der Waals surface area contributed by atoms with Gasteiger partial charge in [-0.1, -0.05) is 29.8 Å². The molecule has 2 atom stereocenters. The zero-order valence-corrected chi connectivity index (χ0v) is 11.6. The van der Waals surface area contributed by atoms with Gasteiger partial charge in [-0.15, -0.1) is 0 Å². The van der Waals surface area contributed by atoms with Gasteiger partial charge in [-0.25, -0.2) is 4.79 Å². The number of rotatable bonds is 2. The summed E-state index contributed by atoms with van der Waals surface area (Å²) in [6, 6.07) is 8.43. The van der Waals surface area contributed by atoms with Crippen molar-refractivity contribution >= 4 is 6.09 Å². The summed E-state index contributed by atoms with van der Waals surface area (Å²) in [5.41, 5.74) is 8.57. The summed E-state index contributed by atoms with van der Waals surface area (Å²) >= 11 is 0. The topological polar surface area (TPSA) is 55.6 Å². The Morgan fingerprint density at radius 2 is 2.26 bits per heavy atom. The van der Waals surface area contributed by atoms with Crippen LogP contribution in [0.2, 0.25) is 0 Å². The van der Waals surface area contributed by atoms with Crippen molar-refractivity contribution in [2.24, 2.45) is 5.73 Å². The van der Waals surface area contributed by atoms with Gasteiger partial charge in [0.2, 0.25) is 0 Å². The lowest BCUT2D eigenvalue weighted by Crippen LogP contribution is -2.48. The monoisotopic (exact) mass is 262 g/mol. The van der Waals surface area contributed by atoms with E-state index < -0.39 is 0 Å². The minimum Gasteiger partial charge on any atom is -0.450 e. The fourth-order valence-electron chi connectivity index (χ4n) is 2.67. The minimum atomic E-state index is -0.254. The molecule has 0 saturated carbocycles. The Morgan fingerprint density at radius 3 is 2.95 bits per heavy atom. The van der Waals surface area contributed by atoms with Gasteiger partial charge in [0, 0.05) is 25.0 Å². The molecule has 0 bridgehead atoms. The number of hydrogen-bond acceptors (Lipinski definition) is 3. The molecule has 2 rings (SSSR count). The molecule has 4 nitrogen and oxygen atoms in total. The van der Waals surface area contributed by atoms with Gasteiger partial charge in [0.25, 0.3) is 0 Å². The molecule has 0 radical (unpaired) electrons. The molecule has 104 valence electrons. The number of nitrogens with zero attached hydrogens (tertiary/aromatic N) is 1. The normalized spacial score (nSPS) is 23.2. The second kappa shape index (κ2) is 6.06. The molecule has 1 heterocycles. The number of carbonyl (C=O) groups excluding carboxylic acids is 1. The molecule has 1 saturated heterocycles. The Labute approximate surface area is 114 Å². The van der Waals surface area contributed by atoms with Crippen LogP contribution in [-0.4, -0.2) is 36.7 Å². The number of hydrogen-bond donors (Lipinski definition) is 1. The van der Waals surface area contributed by atoms with Crippen molar-refractivity contribution in [2.75, 3.05) is 19.7 Å². The van der Waals surface area contributed by atoms with E-state index in [9.17, 15) is 4.79 Å². The molecule has 2 unspecified atom stereocenters. The third kappa shape index (κ3) is 3.47. The van der Waals surface area contributed by atoms with Crippen LogP contribution in [0.15, 0.2) is 24.3 Å². The fourth-order valence-corrected chi connectivity index (χ4v) is 2.67. The van der Waals surface area contributed by atoms with Crippen LogP contribution in [0.1, 0.15) is 30.4 Å². The smallest absolute Gasteiger partial charge is 0.409 e. The molecule has 4 heteroatoms. The summed E-state index contributed by atoms with van der Waals surface area (Å²) in [5, 5.41) is 0. The first-order valence-corrected chi connectivity index (χ1v) is 6.84. The maximum Gasteiger partial charge on any atom is 0.409 e. The van der Waals surface area contributed by atoms with Crippen molar-refractivity contribution < 1.29 is 9.53 Å². The largest absolute Gasteiger partial charge is 0.450 e. The highest BCUT2D eigenvalue weighted by atomic mass is 16.6. The Hall–Kier alpha value is -1.55. The lowest BCUT2D eigenvalue weighted by molar-refractivity contribution is 0.0918. The van der Waals surface area contributed by atoms with Gasteiger partial charge in [0.05, 0.1) is 6.61 Å². The molecule has 0 aromatic heterocycles. The number of amides is 1.